The fraction of sp³-hybridized carbons (Fsp3) is 0.417. The summed E-state index contributed by atoms with van der Waals surface area (Å²) >= 11 is 0. The highest BCUT2D eigenvalue weighted by molar-refractivity contribution is 7.86. The molecule has 0 heterocycles. The van der Waals surface area contributed by atoms with Crippen LogP contribution in [-0.4, -0.2) is 53.9 Å². The molecule has 1 aromatic rings. The van der Waals surface area contributed by atoms with Gasteiger partial charge in [-0.15, -0.1) is 0 Å². The third-order valence-corrected chi connectivity index (χ3v) is 4.66. The molecule has 0 aliphatic heterocycles. The van der Waals surface area contributed by atoms with Crippen molar-refractivity contribution in [3.8, 4) is 5.75 Å². The lowest BCUT2D eigenvalue weighted by Gasteiger charge is -2.24. The molecule has 1 rings (SSSR count). The molecule has 0 bridgehead atoms. The number of benzene rings is 1. The van der Waals surface area contributed by atoms with Crippen LogP contribution in [0.3, 0.4) is 0 Å². The average Bonchev–Trinajstić information content (AvgIpc) is 2.38. The molecule has 0 spiro atoms. The summed E-state index contributed by atoms with van der Waals surface area (Å²) in [7, 11) is -0.947. The zero-order valence-electron chi connectivity index (χ0n) is 11.4. The third-order valence-electron chi connectivity index (χ3n) is 2.77. The van der Waals surface area contributed by atoms with E-state index in [1.807, 2.05) is 0 Å². The molecule has 0 aliphatic rings. The molecule has 20 heavy (non-hydrogen) atoms. The molecule has 2 N–H and O–H groups in total. The molecule has 0 saturated carbocycles. The molecule has 0 fully saturated rings. The molecule has 8 heteroatoms. The second-order valence-electron chi connectivity index (χ2n) is 4.40. The highest BCUT2D eigenvalue weighted by Crippen LogP contribution is 2.14. The van der Waals surface area contributed by atoms with Crippen molar-refractivity contribution in [2.75, 3.05) is 20.6 Å². The van der Waals surface area contributed by atoms with Gasteiger partial charge in [0, 0.05) is 27.2 Å². The normalized spacial score (nSPS) is 12.0. The van der Waals surface area contributed by atoms with Gasteiger partial charge in [0.2, 0.25) is 0 Å². The summed E-state index contributed by atoms with van der Waals surface area (Å²) in [5, 5.41) is 17.7. The standard InChI is InChI=1S/C12H18N2O5S/c1-13(8-7-12(16)17)20(18,19)14(2)9-10-3-5-11(15)6-4-10/h3-6,15H,7-9H2,1-2H3,(H,16,17). The fourth-order valence-corrected chi connectivity index (χ4v) is 2.66. The van der Waals surface area contributed by atoms with Crippen LogP contribution in [0.25, 0.3) is 0 Å². The third kappa shape index (κ3) is 4.48. The minimum Gasteiger partial charge on any atom is -0.508 e. The molecule has 0 aliphatic carbocycles. The van der Waals surface area contributed by atoms with Gasteiger partial charge in [0.1, 0.15) is 5.75 Å². The maximum absolute atomic E-state index is 12.1. The van der Waals surface area contributed by atoms with Crippen molar-refractivity contribution in [2.45, 2.75) is 13.0 Å². The Hall–Kier alpha value is -1.64. The number of phenols is 1. The number of aromatic hydroxyl groups is 1. The molecule has 112 valence electrons. The Labute approximate surface area is 118 Å². The summed E-state index contributed by atoms with van der Waals surface area (Å²) in [5.41, 5.74) is 0.723. The van der Waals surface area contributed by atoms with Crippen LogP contribution in [0.5, 0.6) is 5.75 Å². The zero-order valence-corrected chi connectivity index (χ0v) is 12.2. The van der Waals surface area contributed by atoms with E-state index in [0.29, 0.717) is 0 Å². The number of hydrogen-bond donors (Lipinski definition) is 2. The van der Waals surface area contributed by atoms with E-state index in [1.165, 1.54) is 26.2 Å². The molecular formula is C12H18N2O5S. The molecule has 0 amide bonds. The summed E-state index contributed by atoms with van der Waals surface area (Å²) in [6.07, 6.45) is -0.247. The van der Waals surface area contributed by atoms with E-state index in [1.54, 1.807) is 12.1 Å². The van der Waals surface area contributed by atoms with Gasteiger partial charge in [-0.25, -0.2) is 0 Å². The topological polar surface area (TPSA) is 98.2 Å². The Morgan fingerprint density at radius 3 is 2.20 bits per heavy atom. The van der Waals surface area contributed by atoms with E-state index in [2.05, 4.69) is 0 Å². The number of carboxylic acid groups (broad SMARTS) is 1. The van der Waals surface area contributed by atoms with Gasteiger partial charge in [-0.05, 0) is 17.7 Å². The van der Waals surface area contributed by atoms with Gasteiger partial charge >= 0.3 is 5.97 Å². The average molecular weight is 302 g/mol. The van der Waals surface area contributed by atoms with Crippen LogP contribution in [0.4, 0.5) is 0 Å². The minimum atomic E-state index is -3.70. The van der Waals surface area contributed by atoms with Crippen molar-refractivity contribution in [3.63, 3.8) is 0 Å². The Bertz CT molecular complexity index is 556. The number of aliphatic carboxylic acids is 1. The number of rotatable bonds is 7. The van der Waals surface area contributed by atoms with Crippen LogP contribution in [0, 0.1) is 0 Å². The first-order valence-electron chi connectivity index (χ1n) is 5.91. The van der Waals surface area contributed by atoms with E-state index in [9.17, 15) is 13.2 Å². The van der Waals surface area contributed by atoms with E-state index >= 15 is 0 Å². The molecule has 0 radical (unpaired) electrons. The van der Waals surface area contributed by atoms with Crippen LogP contribution >= 0.6 is 0 Å². The number of carbonyl (C=O) groups is 1. The lowest BCUT2D eigenvalue weighted by molar-refractivity contribution is -0.137. The molecular weight excluding hydrogens is 284 g/mol. The fourth-order valence-electron chi connectivity index (χ4n) is 1.55. The number of carboxylic acids is 1. The van der Waals surface area contributed by atoms with Crippen LogP contribution in [-0.2, 0) is 21.5 Å². The highest BCUT2D eigenvalue weighted by atomic mass is 32.2. The number of hydrogen-bond acceptors (Lipinski definition) is 4. The first kappa shape index (κ1) is 16.4. The van der Waals surface area contributed by atoms with Crippen LogP contribution < -0.4 is 0 Å². The second kappa shape index (κ2) is 6.69. The van der Waals surface area contributed by atoms with Gasteiger partial charge in [-0.2, -0.15) is 17.0 Å². The number of phenolic OH excluding ortho intramolecular Hbond substituents is 1. The maximum Gasteiger partial charge on any atom is 0.304 e. The van der Waals surface area contributed by atoms with Crippen molar-refractivity contribution in [3.05, 3.63) is 29.8 Å². The molecule has 0 unspecified atom stereocenters. The summed E-state index contributed by atoms with van der Waals surface area (Å²) in [5.74, 6) is -0.939. The van der Waals surface area contributed by atoms with Gasteiger partial charge in [-0.3, -0.25) is 4.79 Å². The minimum absolute atomic E-state index is 0.0857. The van der Waals surface area contributed by atoms with Crippen molar-refractivity contribution in [1.82, 2.24) is 8.61 Å². The van der Waals surface area contributed by atoms with Gasteiger partial charge in [0.05, 0.1) is 6.42 Å². The van der Waals surface area contributed by atoms with Gasteiger partial charge in [0.15, 0.2) is 0 Å². The van der Waals surface area contributed by atoms with Crippen molar-refractivity contribution < 1.29 is 23.4 Å². The van der Waals surface area contributed by atoms with E-state index in [-0.39, 0.29) is 25.3 Å². The van der Waals surface area contributed by atoms with Crippen LogP contribution in [0.2, 0.25) is 0 Å². The summed E-state index contributed by atoms with van der Waals surface area (Å²) < 4.78 is 26.4. The van der Waals surface area contributed by atoms with Crippen LogP contribution in [0.15, 0.2) is 24.3 Å². The Morgan fingerprint density at radius 1 is 1.15 bits per heavy atom. The van der Waals surface area contributed by atoms with E-state index in [0.717, 1.165) is 14.2 Å². The summed E-state index contributed by atoms with van der Waals surface area (Å²) in [4.78, 5) is 10.5. The van der Waals surface area contributed by atoms with Crippen molar-refractivity contribution >= 4 is 16.2 Å². The molecule has 0 saturated heterocycles. The van der Waals surface area contributed by atoms with Gasteiger partial charge in [-0.1, -0.05) is 12.1 Å². The zero-order chi connectivity index (χ0) is 15.3. The monoisotopic (exact) mass is 302 g/mol. The lowest BCUT2D eigenvalue weighted by Crippen LogP contribution is -2.40. The van der Waals surface area contributed by atoms with E-state index in [4.69, 9.17) is 10.2 Å². The summed E-state index contributed by atoms with van der Waals surface area (Å²) in [6.45, 7) is 0.0532. The lowest BCUT2D eigenvalue weighted by atomic mass is 10.2. The maximum atomic E-state index is 12.1. The largest absolute Gasteiger partial charge is 0.508 e. The van der Waals surface area contributed by atoms with Crippen molar-refractivity contribution in [1.29, 1.82) is 0 Å². The Balaban J connectivity index is 2.71. The van der Waals surface area contributed by atoms with Gasteiger partial charge < -0.3 is 10.2 Å². The first-order valence-corrected chi connectivity index (χ1v) is 7.30. The predicted octanol–water partition coefficient (Wildman–Crippen LogP) is 0.475. The predicted molar refractivity (Wildman–Crippen MR) is 73.4 cm³/mol. The quantitative estimate of drug-likeness (QED) is 0.763. The Kier molecular flexibility index (Phi) is 5.49. The SMILES string of the molecule is CN(CCC(=O)O)S(=O)(=O)N(C)Cc1ccc(O)cc1. The Morgan fingerprint density at radius 2 is 1.70 bits per heavy atom. The molecule has 7 nitrogen and oxygen atoms in total. The van der Waals surface area contributed by atoms with E-state index < -0.39 is 16.2 Å². The molecule has 0 atom stereocenters. The summed E-state index contributed by atoms with van der Waals surface area (Å²) in [6, 6.07) is 6.20. The smallest absolute Gasteiger partial charge is 0.304 e. The van der Waals surface area contributed by atoms with Crippen molar-refractivity contribution in [2.24, 2.45) is 0 Å². The molecule has 1 aromatic carbocycles. The number of nitrogens with zero attached hydrogens (tertiary/aromatic N) is 2. The second-order valence-corrected chi connectivity index (χ2v) is 6.54. The molecule has 0 aromatic heterocycles. The first-order chi connectivity index (χ1) is 9.23. The van der Waals surface area contributed by atoms with Gasteiger partial charge in [0.25, 0.3) is 10.2 Å². The highest BCUT2D eigenvalue weighted by Gasteiger charge is 2.23. The van der Waals surface area contributed by atoms with Crippen LogP contribution in [0.1, 0.15) is 12.0 Å².